The molecule has 2 aromatic rings. The van der Waals surface area contributed by atoms with E-state index in [9.17, 15) is 4.79 Å². The molecule has 2 rings (SSSR count). The van der Waals surface area contributed by atoms with E-state index in [2.05, 4.69) is 55.6 Å². The van der Waals surface area contributed by atoms with Crippen LogP contribution in [0.1, 0.15) is 10.5 Å². The van der Waals surface area contributed by atoms with Crippen molar-refractivity contribution in [3.63, 3.8) is 0 Å². The molecular formula is C18H31NO3Si3. The summed E-state index contributed by atoms with van der Waals surface area (Å²) >= 11 is 0. The van der Waals surface area contributed by atoms with Gasteiger partial charge >= 0.3 is 5.97 Å². The lowest BCUT2D eigenvalue weighted by Crippen LogP contribution is -2.37. The predicted octanol–water partition coefficient (Wildman–Crippen LogP) is 5.53. The summed E-state index contributed by atoms with van der Waals surface area (Å²) in [4.78, 5) is 12.8. The topological polar surface area (TPSA) is 40.5 Å². The number of hydrogen-bond acceptors (Lipinski definition) is 3. The highest BCUT2D eigenvalue weighted by Crippen LogP contribution is 2.29. The summed E-state index contributed by atoms with van der Waals surface area (Å²) in [5.41, 5.74) is 1.76. The SMILES string of the molecule is C[Si](C)(C)OC(=O)c1cc2cc(O[Si](C)(C)C)ccc2n1[Si](C)(C)C. The van der Waals surface area contributed by atoms with E-state index in [-0.39, 0.29) is 5.97 Å². The monoisotopic (exact) mass is 393 g/mol. The first kappa shape index (κ1) is 20.0. The molecule has 25 heavy (non-hydrogen) atoms. The van der Waals surface area contributed by atoms with Gasteiger partial charge in [-0.3, -0.25) is 0 Å². The number of carbonyl (C=O) groups excluding carboxylic acids is 1. The maximum Gasteiger partial charge on any atom is 0.340 e. The number of hydrogen-bond donors (Lipinski definition) is 0. The highest BCUT2D eigenvalue weighted by atomic mass is 28.4. The third-order valence-corrected chi connectivity index (χ3v) is 6.95. The molecule has 1 aromatic heterocycles. The van der Waals surface area contributed by atoms with Gasteiger partial charge in [0.2, 0.25) is 16.6 Å². The molecule has 138 valence electrons. The fourth-order valence-corrected chi connectivity index (χ4v) is 6.11. The Hall–Kier alpha value is -1.32. The number of fused-ring (bicyclic) bond motifs is 1. The van der Waals surface area contributed by atoms with E-state index < -0.39 is 24.9 Å². The van der Waals surface area contributed by atoms with E-state index in [0.29, 0.717) is 5.69 Å². The molecule has 0 amide bonds. The fraction of sp³-hybridized carbons (Fsp3) is 0.500. The van der Waals surface area contributed by atoms with Crippen LogP contribution in [0.15, 0.2) is 24.3 Å². The molecule has 0 atom stereocenters. The Kier molecular flexibility index (Phi) is 5.15. The third kappa shape index (κ3) is 5.08. The van der Waals surface area contributed by atoms with Gasteiger partial charge in [0.15, 0.2) is 8.24 Å². The largest absolute Gasteiger partial charge is 0.544 e. The van der Waals surface area contributed by atoms with Crippen LogP contribution in [0.2, 0.25) is 58.9 Å². The molecule has 0 fully saturated rings. The molecule has 0 aliphatic rings. The third-order valence-electron chi connectivity index (χ3n) is 3.48. The lowest BCUT2D eigenvalue weighted by molar-refractivity contribution is 0.0717. The number of aromatic nitrogens is 1. The van der Waals surface area contributed by atoms with Crippen LogP contribution in [0.4, 0.5) is 0 Å². The van der Waals surface area contributed by atoms with E-state index >= 15 is 0 Å². The zero-order valence-corrected chi connectivity index (χ0v) is 20.0. The maximum absolute atomic E-state index is 12.8. The molecule has 0 bridgehead atoms. The van der Waals surface area contributed by atoms with E-state index in [0.717, 1.165) is 16.7 Å². The molecule has 0 saturated heterocycles. The van der Waals surface area contributed by atoms with Gasteiger partial charge in [-0.2, -0.15) is 0 Å². The minimum absolute atomic E-state index is 0.203. The molecule has 0 aliphatic heterocycles. The Morgan fingerprint density at radius 2 is 1.48 bits per heavy atom. The van der Waals surface area contributed by atoms with Crippen LogP contribution in [-0.4, -0.2) is 35.1 Å². The second-order valence-electron chi connectivity index (χ2n) is 9.47. The van der Waals surface area contributed by atoms with Crippen molar-refractivity contribution in [2.75, 3.05) is 0 Å². The van der Waals surface area contributed by atoms with Crippen LogP contribution in [0.25, 0.3) is 10.9 Å². The molecule has 1 heterocycles. The van der Waals surface area contributed by atoms with Crippen LogP contribution in [0.3, 0.4) is 0 Å². The molecule has 0 saturated carbocycles. The number of benzene rings is 1. The summed E-state index contributed by atoms with van der Waals surface area (Å²) in [7, 11) is -5.40. The molecule has 7 heteroatoms. The van der Waals surface area contributed by atoms with Crippen molar-refractivity contribution in [1.82, 2.24) is 4.23 Å². The minimum atomic E-state index is -1.94. The molecule has 0 radical (unpaired) electrons. The van der Waals surface area contributed by atoms with Crippen LogP contribution < -0.4 is 4.43 Å². The minimum Gasteiger partial charge on any atom is -0.544 e. The summed E-state index contributed by atoms with van der Waals surface area (Å²) < 4.78 is 14.1. The van der Waals surface area contributed by atoms with Crippen LogP contribution in [-0.2, 0) is 4.43 Å². The van der Waals surface area contributed by atoms with Gasteiger partial charge in [0.05, 0.1) is 0 Å². The van der Waals surface area contributed by atoms with E-state index in [4.69, 9.17) is 8.85 Å². The van der Waals surface area contributed by atoms with Crippen LogP contribution >= 0.6 is 0 Å². The molecule has 0 N–H and O–H groups in total. The Labute approximate surface area is 154 Å². The van der Waals surface area contributed by atoms with Crippen LogP contribution in [0, 0.1) is 0 Å². The molecule has 0 aliphatic carbocycles. The van der Waals surface area contributed by atoms with Gasteiger partial charge in [-0.25, -0.2) is 4.79 Å². The predicted molar refractivity (Wildman–Crippen MR) is 113 cm³/mol. The van der Waals surface area contributed by atoms with Crippen molar-refractivity contribution in [2.24, 2.45) is 0 Å². The second-order valence-corrected chi connectivity index (χ2v) is 23.1. The van der Waals surface area contributed by atoms with Crippen molar-refractivity contribution in [1.29, 1.82) is 0 Å². The Bertz CT molecular complexity index is 793. The van der Waals surface area contributed by atoms with Gasteiger partial charge in [-0.05, 0) is 63.5 Å². The summed E-state index contributed by atoms with van der Waals surface area (Å²) in [6.45, 7) is 19.3. The Balaban J connectivity index is 2.59. The van der Waals surface area contributed by atoms with E-state index in [1.165, 1.54) is 0 Å². The summed E-state index contributed by atoms with van der Waals surface area (Å²) in [5.74, 6) is 0.676. The first-order valence-corrected chi connectivity index (χ1v) is 19.0. The smallest absolute Gasteiger partial charge is 0.340 e. The van der Waals surface area contributed by atoms with Crippen molar-refractivity contribution in [3.8, 4) is 5.75 Å². The molecule has 1 aromatic carbocycles. The molecule has 4 nitrogen and oxygen atoms in total. The first-order valence-electron chi connectivity index (χ1n) is 8.76. The van der Waals surface area contributed by atoms with Crippen molar-refractivity contribution < 1.29 is 13.6 Å². The first-order chi connectivity index (χ1) is 11.2. The average Bonchev–Trinajstić information content (AvgIpc) is 2.72. The number of carbonyl (C=O) groups is 1. The molecular weight excluding hydrogens is 362 g/mol. The van der Waals surface area contributed by atoms with Gasteiger partial charge in [0.25, 0.3) is 0 Å². The zero-order valence-electron chi connectivity index (χ0n) is 17.0. The van der Waals surface area contributed by atoms with Crippen molar-refractivity contribution >= 4 is 41.7 Å². The summed E-state index contributed by atoms with van der Waals surface area (Å²) in [5, 5.41) is 1.04. The average molecular weight is 394 g/mol. The van der Waals surface area contributed by atoms with E-state index in [1.807, 2.05) is 31.8 Å². The number of nitrogens with zero attached hydrogens (tertiary/aromatic N) is 1. The number of rotatable bonds is 5. The lowest BCUT2D eigenvalue weighted by Gasteiger charge is -2.25. The van der Waals surface area contributed by atoms with Crippen molar-refractivity contribution in [2.45, 2.75) is 58.9 Å². The van der Waals surface area contributed by atoms with Gasteiger partial charge in [-0.15, -0.1) is 0 Å². The van der Waals surface area contributed by atoms with Gasteiger partial charge in [0, 0.05) is 10.9 Å². The fourth-order valence-electron chi connectivity index (χ4n) is 2.81. The second kappa shape index (κ2) is 6.44. The van der Waals surface area contributed by atoms with E-state index in [1.54, 1.807) is 0 Å². The quantitative estimate of drug-likeness (QED) is 0.627. The highest BCUT2D eigenvalue weighted by molar-refractivity contribution is 6.76. The lowest BCUT2D eigenvalue weighted by atomic mass is 10.2. The van der Waals surface area contributed by atoms with Crippen molar-refractivity contribution in [3.05, 3.63) is 30.0 Å². The van der Waals surface area contributed by atoms with Gasteiger partial charge in [-0.1, -0.05) is 19.6 Å². The molecule has 0 spiro atoms. The standard InChI is InChI=1S/C18H31NO3Si3/c1-23(2,3)19-16-11-10-15(21-24(4,5)6)12-14(16)13-17(19)18(20)22-25(7,8)9/h10-13H,1-9H3. The zero-order chi connectivity index (χ0) is 19.2. The van der Waals surface area contributed by atoms with Crippen LogP contribution in [0.5, 0.6) is 5.75 Å². The Morgan fingerprint density at radius 3 is 1.96 bits per heavy atom. The normalized spacial score (nSPS) is 13.2. The van der Waals surface area contributed by atoms with Gasteiger partial charge in [0.1, 0.15) is 11.4 Å². The maximum atomic E-state index is 12.8. The Morgan fingerprint density at radius 1 is 0.880 bits per heavy atom. The molecule has 0 unspecified atom stereocenters. The summed E-state index contributed by atoms with van der Waals surface area (Å²) in [6.07, 6.45) is 0. The van der Waals surface area contributed by atoms with Gasteiger partial charge < -0.3 is 13.1 Å². The highest BCUT2D eigenvalue weighted by Gasteiger charge is 2.29. The summed E-state index contributed by atoms with van der Waals surface area (Å²) in [6, 6.07) is 8.11.